The predicted molar refractivity (Wildman–Crippen MR) is 365 cm³/mol. The first-order valence-electron chi connectivity index (χ1n) is 32.1. The van der Waals surface area contributed by atoms with Crippen LogP contribution >= 0.6 is 0 Å². The molecule has 0 aromatic heterocycles. The van der Waals surface area contributed by atoms with E-state index in [0.717, 1.165) is 70.7 Å². The van der Waals surface area contributed by atoms with E-state index in [1.807, 2.05) is 125 Å². The van der Waals surface area contributed by atoms with E-state index < -0.39 is 11.9 Å². The fourth-order valence-electron chi connectivity index (χ4n) is 11.4. The van der Waals surface area contributed by atoms with Crippen LogP contribution in [-0.4, -0.2) is 90.0 Å². The summed E-state index contributed by atoms with van der Waals surface area (Å²) >= 11 is 0. The van der Waals surface area contributed by atoms with Crippen LogP contribution in [0.2, 0.25) is 0 Å². The van der Waals surface area contributed by atoms with Crippen molar-refractivity contribution in [1.82, 2.24) is 21.3 Å². The van der Waals surface area contributed by atoms with Crippen LogP contribution in [0, 0.1) is 25.7 Å². The number of carbonyl (C=O) groups excluding carboxylic acids is 7. The lowest BCUT2D eigenvalue weighted by Gasteiger charge is -2.33. The third kappa shape index (κ3) is 17.6. The lowest BCUT2D eigenvalue weighted by molar-refractivity contribution is -0.450. The van der Waals surface area contributed by atoms with E-state index in [1.165, 1.54) is 0 Å². The maximum absolute atomic E-state index is 13.6. The molecule has 6 aromatic rings. The fourth-order valence-corrected chi connectivity index (χ4v) is 11.4. The third-order valence-electron chi connectivity index (χ3n) is 17.2. The molecule has 484 valence electrons. The molecule has 1 fully saturated rings. The number of allylic oxidation sites excluding steroid dienone is 7. The molecule has 8 bridgehead atoms. The Balaban J connectivity index is 0.000000231. The molecule has 0 spiro atoms. The topological polar surface area (TPSA) is 215 Å². The monoisotopic (exact) mass is 1260 g/mol. The fraction of sp³-hybridized carbons (Fsp3) is 0.282. The number of ketones is 1. The quantitative estimate of drug-likeness (QED) is 0.0457. The van der Waals surface area contributed by atoms with Crippen LogP contribution in [-0.2, 0) is 36.9 Å². The highest BCUT2D eigenvalue weighted by Gasteiger charge is 2.32. The van der Waals surface area contributed by atoms with E-state index in [2.05, 4.69) is 43.9 Å². The zero-order valence-corrected chi connectivity index (χ0v) is 54.4. The smallest absolute Gasteiger partial charge is 0.333 e. The second kappa shape index (κ2) is 31.7. The molecule has 13 rings (SSSR count). The Morgan fingerprint density at radius 2 is 0.957 bits per heavy atom. The van der Waals surface area contributed by atoms with Crippen LogP contribution in [0.1, 0.15) is 135 Å². The molecule has 3 aliphatic carbocycles. The number of aryl methyl sites for hydroxylation is 2. The van der Waals surface area contributed by atoms with Crippen LogP contribution in [0.3, 0.4) is 0 Å². The Morgan fingerprint density at radius 1 is 0.543 bits per heavy atom. The molecule has 4 N–H and O–H groups in total. The summed E-state index contributed by atoms with van der Waals surface area (Å²) in [6.45, 7) is 21.3. The van der Waals surface area contributed by atoms with Crippen LogP contribution in [0.5, 0.6) is 0 Å². The molecule has 2 atom stereocenters. The average Bonchev–Trinajstić information content (AvgIpc) is 0.747. The van der Waals surface area contributed by atoms with E-state index in [9.17, 15) is 38.7 Å². The number of Topliss-reactive ketones (excluding diaryl/α,β-unsaturated/α-hetero) is 1. The Labute approximate surface area is 550 Å². The van der Waals surface area contributed by atoms with Gasteiger partial charge in [-0.3, -0.25) is 24.0 Å². The van der Waals surface area contributed by atoms with Gasteiger partial charge in [-0.2, -0.15) is 4.58 Å². The lowest BCUT2D eigenvalue weighted by Crippen LogP contribution is -2.34. The van der Waals surface area contributed by atoms with Gasteiger partial charge in [0.1, 0.15) is 6.10 Å². The molecule has 16 nitrogen and oxygen atoms in total. The minimum Gasteiger partial charge on any atom is -0.871 e. The number of ether oxygens (including phenoxy) is 2. The average molecular weight is 1260 g/mol. The summed E-state index contributed by atoms with van der Waals surface area (Å²) in [6, 6.07) is 44.5. The molecule has 94 heavy (non-hydrogen) atoms. The Hall–Kier alpha value is -10.5. The molecule has 0 radical (unpaired) electrons. The standard InChI is InChI=1S/C46H48N2O6.C32H34N4O4/c1-9-39(53-45(51)29(3)4)27-47(35-19-11-31(7)12-20-35)37-23-15-33(16-24-37)41-43(49)42(44(41)50)34-17-25-38(26-18-34)48(36-21-13-32(8)14-22-36)28-40(10-2)54-46(52)30(5)6;37-29-25-3-1-4-26(15-25)30(38)34-18-22-9-13-24(14-10-22)20-36-32(40)28-6-2-5-27(16-28)31(39)35-19-23-11-7-21(8-12-23)17-33-29/h11-26,39-40H,3,5,9-10,27-28H2,1-2,4,6-8H3;1-8,11-12,15-16,22,24H,9-10,13-14,17-20H2,(H,33,37)(H,34,38)(H,35,39)(H,36,40). The second-order valence-corrected chi connectivity index (χ2v) is 24.5. The van der Waals surface area contributed by atoms with Gasteiger partial charge in [0, 0.05) is 106 Å². The molecule has 4 heterocycles. The van der Waals surface area contributed by atoms with Gasteiger partial charge >= 0.3 is 11.9 Å². The number of esters is 2. The number of nitrogens with zero attached hydrogens (tertiary/aromatic N) is 2. The van der Waals surface area contributed by atoms with Gasteiger partial charge in [-0.1, -0.05) is 117 Å². The molecular weight excluding hydrogens is 1180 g/mol. The zero-order chi connectivity index (χ0) is 67.0. The summed E-state index contributed by atoms with van der Waals surface area (Å²) in [6.07, 6.45) is 11.6. The first-order valence-corrected chi connectivity index (χ1v) is 32.1. The predicted octanol–water partition coefficient (Wildman–Crippen LogP) is 11.9. The van der Waals surface area contributed by atoms with Crippen molar-refractivity contribution < 1.29 is 52.7 Å². The molecule has 1 saturated carbocycles. The van der Waals surface area contributed by atoms with E-state index >= 15 is 0 Å². The highest BCUT2D eigenvalue weighted by Crippen LogP contribution is 2.39. The van der Waals surface area contributed by atoms with Gasteiger partial charge in [-0.25, -0.2) is 9.59 Å². The van der Waals surface area contributed by atoms with Crippen LogP contribution in [0.4, 0.5) is 17.1 Å². The van der Waals surface area contributed by atoms with Crippen molar-refractivity contribution >= 4 is 69.7 Å². The Kier molecular flexibility index (Phi) is 22.9. The van der Waals surface area contributed by atoms with Gasteiger partial charge < -0.3 is 40.7 Å². The number of rotatable bonds is 14. The molecule has 4 aliphatic heterocycles. The number of benzene rings is 6. The van der Waals surface area contributed by atoms with E-state index in [0.29, 0.717) is 108 Å². The van der Waals surface area contributed by atoms with Crippen molar-refractivity contribution in [1.29, 1.82) is 0 Å². The molecule has 7 aliphatic rings. The number of anilines is 2. The largest absolute Gasteiger partial charge is 0.871 e. The highest BCUT2D eigenvalue weighted by atomic mass is 16.5. The van der Waals surface area contributed by atoms with Crippen LogP contribution < -0.4 is 31.3 Å². The summed E-state index contributed by atoms with van der Waals surface area (Å²) in [7, 11) is 0. The summed E-state index contributed by atoms with van der Waals surface area (Å²) in [5, 5.41) is 25.5. The number of hydrogen-bond donors (Lipinski definition) is 4. The summed E-state index contributed by atoms with van der Waals surface area (Å²) < 4.78 is 13.5. The molecular formula is C78H82N6O10. The normalized spacial score (nSPS) is 17.3. The van der Waals surface area contributed by atoms with Crippen molar-refractivity contribution in [3.8, 4) is 0 Å². The van der Waals surface area contributed by atoms with Crippen LogP contribution in [0.25, 0.3) is 5.57 Å². The molecule has 6 aromatic carbocycles. The van der Waals surface area contributed by atoms with Crippen LogP contribution in [0.15, 0.2) is 211 Å². The van der Waals surface area contributed by atoms with Gasteiger partial charge in [0.15, 0.2) is 18.4 Å². The van der Waals surface area contributed by atoms with Crippen molar-refractivity contribution in [2.45, 2.75) is 105 Å². The minimum absolute atomic E-state index is 0.149. The lowest BCUT2D eigenvalue weighted by atomic mass is 9.80. The number of hydrogen-bond acceptors (Lipinski definition) is 11. The van der Waals surface area contributed by atoms with Crippen molar-refractivity contribution in [2.24, 2.45) is 11.8 Å². The number of nitrogens with one attached hydrogen (secondary N) is 4. The van der Waals surface area contributed by atoms with E-state index in [4.69, 9.17) is 9.47 Å². The maximum atomic E-state index is 13.6. The highest BCUT2D eigenvalue weighted by molar-refractivity contribution is 6.39. The molecule has 4 amide bonds. The van der Waals surface area contributed by atoms with E-state index in [-0.39, 0.29) is 58.5 Å². The van der Waals surface area contributed by atoms with Gasteiger partial charge in [0.2, 0.25) is 11.4 Å². The van der Waals surface area contributed by atoms with Gasteiger partial charge in [0.05, 0.1) is 6.54 Å². The van der Waals surface area contributed by atoms with E-state index in [1.54, 1.807) is 86.7 Å². The van der Waals surface area contributed by atoms with Crippen molar-refractivity contribution in [3.63, 3.8) is 0 Å². The SMILES string of the molecule is C=C(C)C(=O)OC(CC)CN(c1ccc(C)cc1)c1ccc(C2=C([O-])C(=C3C=CC(=[N+](CC(CC)OC(=O)C(=C)C)c4ccc(C)cc4)C=C3)C2=O)cc1.O=C1NCc2ccc(cc2)CNC(=O)c2cccc(c2)C(=O)NCC2CCC(CC2)CNC(=O)c2cccc1c2. The number of amides is 4. The molecule has 0 saturated heterocycles. The second-order valence-electron chi connectivity index (χ2n) is 24.5. The Morgan fingerprint density at radius 3 is 1.38 bits per heavy atom. The first-order chi connectivity index (χ1) is 45.2. The van der Waals surface area contributed by atoms with Crippen molar-refractivity contribution in [2.75, 3.05) is 31.1 Å². The minimum atomic E-state index is -0.434. The van der Waals surface area contributed by atoms with Crippen molar-refractivity contribution in [3.05, 3.63) is 261 Å². The molecule has 2 unspecified atom stereocenters. The summed E-state index contributed by atoms with van der Waals surface area (Å²) in [5.41, 5.74) is 11.4. The Bertz CT molecular complexity index is 3890. The number of carbonyl (C=O) groups is 7. The molecule has 16 heteroatoms. The summed E-state index contributed by atoms with van der Waals surface area (Å²) in [5.74, 6) is -1.59. The van der Waals surface area contributed by atoms with Gasteiger partial charge in [-0.15, -0.1) is 0 Å². The van der Waals surface area contributed by atoms with Gasteiger partial charge in [0.25, 0.3) is 23.6 Å². The summed E-state index contributed by atoms with van der Waals surface area (Å²) in [4.78, 5) is 91.5. The zero-order valence-electron chi connectivity index (χ0n) is 54.4. The maximum Gasteiger partial charge on any atom is 0.333 e. The third-order valence-corrected chi connectivity index (χ3v) is 17.2. The van der Waals surface area contributed by atoms with Gasteiger partial charge in [-0.05, 0) is 173 Å². The first kappa shape index (κ1) is 67.9.